The van der Waals surface area contributed by atoms with Crippen LogP contribution in [0.15, 0.2) is 0 Å². The minimum Gasteiger partial charge on any atom is -0.458 e. The van der Waals surface area contributed by atoms with Crippen LogP contribution in [0, 0.1) is 5.41 Å². The molecule has 0 radical (unpaired) electrons. The maximum atomic E-state index is 13.5. The molecular weight excluding hydrogens is 885 g/mol. The summed E-state index contributed by atoms with van der Waals surface area (Å²) in [5.41, 5.74) is -30.9. The van der Waals surface area contributed by atoms with E-state index in [1.165, 1.54) is 0 Å². The molecule has 0 bridgehead atoms. The maximum absolute atomic E-state index is 13.5. The first kappa shape index (κ1) is 53.4. The summed E-state index contributed by atoms with van der Waals surface area (Å²) in [5.74, 6) is -2.02. The van der Waals surface area contributed by atoms with Gasteiger partial charge in [0.2, 0.25) is 0 Å². The van der Waals surface area contributed by atoms with Crippen molar-refractivity contribution in [1.29, 1.82) is 0 Å². The molecular formula is C23H19F27O6. The molecule has 0 aromatic carbocycles. The van der Waals surface area contributed by atoms with Gasteiger partial charge in [-0.15, -0.1) is 0 Å². The van der Waals surface area contributed by atoms with Crippen molar-refractivity contribution in [3.8, 4) is 0 Å². The largest absolute Gasteiger partial charge is 0.458 e. The van der Waals surface area contributed by atoms with Gasteiger partial charge in [-0.05, 0) is 20.8 Å². The zero-order valence-electron chi connectivity index (χ0n) is 26.7. The van der Waals surface area contributed by atoms with E-state index >= 15 is 0 Å². The van der Waals surface area contributed by atoms with Crippen LogP contribution in [0.25, 0.3) is 0 Å². The molecule has 0 spiro atoms. The Hall–Kier alpha value is -2.58. The molecule has 0 atom stereocenters. The number of ether oxygens (including phenoxy) is 5. The van der Waals surface area contributed by atoms with Gasteiger partial charge in [-0.1, -0.05) is 0 Å². The van der Waals surface area contributed by atoms with Crippen molar-refractivity contribution in [2.75, 3.05) is 33.0 Å². The summed E-state index contributed by atoms with van der Waals surface area (Å²) in [6, 6.07) is 0. The minimum absolute atomic E-state index is 0.922. The van der Waals surface area contributed by atoms with Crippen LogP contribution >= 0.6 is 0 Å². The molecule has 0 amide bonds. The topological polar surface area (TPSA) is 63.2 Å². The molecule has 0 aliphatic heterocycles. The highest BCUT2D eigenvalue weighted by molar-refractivity contribution is 5.71. The van der Waals surface area contributed by atoms with E-state index in [2.05, 4.69) is 23.7 Å². The lowest BCUT2D eigenvalue weighted by molar-refractivity contribution is -0.474. The SMILES string of the molecule is CC(C)(C)OC(=O)COCC(COC(C(F)(F)F)(C(F)(F)F)C(F)(F)F)(COC(C(F)(F)F)(C(F)(F)F)C(F)(F)F)COC(C(F)(F)F)(C(F)(F)F)C(F)(F)F. The predicted molar refractivity (Wildman–Crippen MR) is 120 cm³/mol. The normalized spacial score (nSPS) is 16.0. The third-order valence-electron chi connectivity index (χ3n) is 6.43. The summed E-state index contributed by atoms with van der Waals surface area (Å²) >= 11 is 0. The van der Waals surface area contributed by atoms with Crippen molar-refractivity contribution in [1.82, 2.24) is 0 Å². The average molecular weight is 904 g/mol. The number of carbonyl (C=O) groups is 1. The fourth-order valence-corrected chi connectivity index (χ4v) is 3.94. The highest BCUT2D eigenvalue weighted by atomic mass is 19.5. The van der Waals surface area contributed by atoms with Crippen LogP contribution in [0.1, 0.15) is 20.8 Å². The second-order valence-corrected chi connectivity index (χ2v) is 12.0. The van der Waals surface area contributed by atoms with Crippen molar-refractivity contribution in [2.45, 2.75) is 98.8 Å². The van der Waals surface area contributed by atoms with Gasteiger partial charge in [-0.2, -0.15) is 119 Å². The van der Waals surface area contributed by atoms with Crippen LogP contribution in [0.5, 0.6) is 0 Å². The van der Waals surface area contributed by atoms with Crippen molar-refractivity contribution in [3.63, 3.8) is 0 Å². The van der Waals surface area contributed by atoms with E-state index in [-0.39, 0.29) is 0 Å². The number of halogens is 27. The Kier molecular flexibility index (Phi) is 14.8. The van der Waals surface area contributed by atoms with Gasteiger partial charge in [0.25, 0.3) is 0 Å². The number of rotatable bonds is 13. The summed E-state index contributed by atoms with van der Waals surface area (Å²) in [4.78, 5) is 11.9. The van der Waals surface area contributed by atoms with Crippen LogP contribution in [-0.4, -0.2) is 117 Å². The summed E-state index contributed by atoms with van der Waals surface area (Å²) in [6.45, 7) is -14.8. The molecule has 336 valence electrons. The Bertz CT molecular complexity index is 1060. The van der Waals surface area contributed by atoms with E-state index in [1.54, 1.807) is 0 Å². The standard InChI is InChI=1S/C23H19F27O6/c1-10(2,3)56-9(51)4-52-5-11(6-53-12(15(24,25)26,16(27,28)29)17(30,31)32,7-54-13(18(33,34)35,19(36,37)38)20(39,40)41)8-55-14(21(42,43)44,22(45,46)47)23(48,49)50/h4-8H2,1-3H3. The van der Waals surface area contributed by atoms with Crippen LogP contribution in [0.3, 0.4) is 0 Å². The van der Waals surface area contributed by atoms with E-state index in [0.29, 0.717) is 0 Å². The Morgan fingerprint density at radius 1 is 0.357 bits per heavy atom. The molecule has 0 unspecified atom stereocenters. The number of carbonyl (C=O) groups excluding carboxylic acids is 1. The molecule has 0 heterocycles. The Morgan fingerprint density at radius 2 is 0.554 bits per heavy atom. The van der Waals surface area contributed by atoms with Gasteiger partial charge in [0.05, 0.1) is 31.8 Å². The zero-order valence-corrected chi connectivity index (χ0v) is 26.7. The highest BCUT2D eigenvalue weighted by Crippen LogP contribution is 2.59. The van der Waals surface area contributed by atoms with E-state index in [0.717, 1.165) is 20.8 Å². The molecule has 0 saturated carbocycles. The molecule has 0 N–H and O–H groups in total. The fraction of sp³-hybridized carbons (Fsp3) is 0.957. The third-order valence-corrected chi connectivity index (χ3v) is 6.43. The Balaban J connectivity index is 8.46. The van der Waals surface area contributed by atoms with Crippen LogP contribution in [-0.2, 0) is 28.5 Å². The molecule has 33 heteroatoms. The lowest BCUT2D eigenvalue weighted by Crippen LogP contribution is -2.71. The van der Waals surface area contributed by atoms with Crippen LogP contribution in [0.2, 0.25) is 0 Å². The lowest BCUT2D eigenvalue weighted by Gasteiger charge is -2.45. The number of alkyl halides is 27. The molecule has 0 aliphatic rings. The first-order valence-electron chi connectivity index (χ1n) is 13.3. The predicted octanol–water partition coefficient (Wildman–Crippen LogP) is 9.66. The second kappa shape index (κ2) is 15.5. The highest BCUT2D eigenvalue weighted by Gasteiger charge is 2.88. The van der Waals surface area contributed by atoms with E-state index in [4.69, 9.17) is 0 Å². The molecule has 6 nitrogen and oxygen atoms in total. The molecule has 0 aromatic rings. The van der Waals surface area contributed by atoms with Crippen molar-refractivity contribution in [2.24, 2.45) is 5.41 Å². The number of hydrogen-bond donors (Lipinski definition) is 0. The summed E-state index contributed by atoms with van der Waals surface area (Å²) in [7, 11) is 0. The Morgan fingerprint density at radius 3 is 0.714 bits per heavy atom. The smallest absolute Gasteiger partial charge is 0.435 e. The van der Waals surface area contributed by atoms with E-state index < -0.39 is 122 Å². The van der Waals surface area contributed by atoms with E-state index in [9.17, 15) is 123 Å². The summed E-state index contributed by atoms with van der Waals surface area (Å²) < 4.78 is 382. The van der Waals surface area contributed by atoms with Crippen molar-refractivity contribution < 1.29 is 147 Å². The first-order valence-corrected chi connectivity index (χ1v) is 13.3. The molecule has 0 saturated heterocycles. The second-order valence-electron chi connectivity index (χ2n) is 12.0. The maximum Gasteiger partial charge on any atom is 0.435 e. The molecule has 56 heavy (non-hydrogen) atoms. The average Bonchev–Trinajstić information content (AvgIpc) is 2.80. The quantitative estimate of drug-likeness (QED) is 0.136. The molecule has 0 rings (SSSR count). The summed E-state index contributed by atoms with van der Waals surface area (Å²) in [5, 5.41) is 0. The van der Waals surface area contributed by atoms with Crippen LogP contribution in [0.4, 0.5) is 119 Å². The minimum atomic E-state index is -8.09. The monoisotopic (exact) mass is 904 g/mol. The van der Waals surface area contributed by atoms with Gasteiger partial charge in [0, 0.05) is 0 Å². The van der Waals surface area contributed by atoms with Gasteiger partial charge in [0.15, 0.2) is 0 Å². The van der Waals surface area contributed by atoms with Gasteiger partial charge in [0.1, 0.15) is 12.2 Å². The summed E-state index contributed by atoms with van der Waals surface area (Å²) in [6.07, 6.45) is -72.8. The van der Waals surface area contributed by atoms with Gasteiger partial charge in [-0.3, -0.25) is 0 Å². The fourth-order valence-electron chi connectivity index (χ4n) is 3.94. The zero-order chi connectivity index (χ0) is 45.6. The van der Waals surface area contributed by atoms with Gasteiger partial charge >= 0.3 is 78.4 Å². The number of hydrogen-bond acceptors (Lipinski definition) is 6. The van der Waals surface area contributed by atoms with Gasteiger partial charge in [-0.25, -0.2) is 4.79 Å². The van der Waals surface area contributed by atoms with Crippen LogP contribution < -0.4 is 0 Å². The third kappa shape index (κ3) is 10.5. The van der Waals surface area contributed by atoms with Crippen molar-refractivity contribution in [3.05, 3.63) is 0 Å². The molecule has 0 fully saturated rings. The molecule has 0 aromatic heterocycles. The molecule has 0 aliphatic carbocycles. The van der Waals surface area contributed by atoms with Gasteiger partial charge < -0.3 is 23.7 Å². The van der Waals surface area contributed by atoms with Crippen molar-refractivity contribution >= 4 is 5.97 Å². The Labute approximate surface area is 291 Å². The lowest BCUT2D eigenvalue weighted by atomic mass is 9.89. The van der Waals surface area contributed by atoms with E-state index in [1.807, 2.05) is 0 Å². The first-order chi connectivity index (χ1) is 24.0. The number of esters is 1.